The number of fused-ring (bicyclic) bond motifs is 1. The summed E-state index contributed by atoms with van der Waals surface area (Å²) in [6, 6.07) is 2.78. The van der Waals surface area contributed by atoms with Crippen LogP contribution in [0.5, 0.6) is 5.75 Å². The van der Waals surface area contributed by atoms with Crippen LogP contribution in [0, 0.1) is 0 Å². The number of carbonyl (C=O) groups excluding carboxylic acids is 3. The Labute approximate surface area is 124 Å². The molecule has 21 heavy (non-hydrogen) atoms. The minimum atomic E-state index is -1.84. The molecule has 1 aromatic carbocycles. The second-order valence-corrected chi connectivity index (χ2v) is 5.81. The first-order valence-corrected chi connectivity index (χ1v) is 6.95. The Hall–Kier alpha value is -2.17. The Morgan fingerprint density at radius 2 is 2.19 bits per heavy atom. The average molecular weight is 288 g/mol. The van der Waals surface area contributed by atoms with Crippen molar-refractivity contribution >= 4 is 18.0 Å². The Morgan fingerprint density at radius 3 is 2.81 bits per heavy atom. The van der Waals surface area contributed by atoms with E-state index in [1.165, 1.54) is 11.0 Å². The molecule has 2 aliphatic heterocycles. The predicted molar refractivity (Wildman–Crippen MR) is 75.2 cm³/mol. The highest BCUT2D eigenvalue weighted by Crippen LogP contribution is 2.41. The molecule has 0 radical (unpaired) electrons. The molecule has 0 bridgehead atoms. The summed E-state index contributed by atoms with van der Waals surface area (Å²) in [5.74, 6) is -0.348. The first-order chi connectivity index (χ1) is 10.3. The van der Waals surface area contributed by atoms with Gasteiger partial charge in [-0.25, -0.2) is 0 Å². The van der Waals surface area contributed by atoms with Crippen molar-refractivity contribution in [3.05, 3.63) is 29.3 Å². The molecule has 5 heteroatoms. The van der Waals surface area contributed by atoms with E-state index in [4.69, 9.17) is 6.11 Å². The number of amides is 1. The maximum absolute atomic E-state index is 12.9. The molecule has 0 aliphatic carbocycles. The molecule has 1 aromatic rings. The van der Waals surface area contributed by atoms with Crippen LogP contribution in [0.1, 0.15) is 50.0 Å². The summed E-state index contributed by atoms with van der Waals surface area (Å²) in [5, 5.41) is 0. The van der Waals surface area contributed by atoms with E-state index in [0.717, 1.165) is 0 Å². The van der Waals surface area contributed by atoms with Crippen LogP contribution < -0.4 is 4.74 Å². The van der Waals surface area contributed by atoms with Gasteiger partial charge in [0.1, 0.15) is 18.1 Å². The molecule has 0 saturated carbocycles. The molecule has 110 valence electrons. The van der Waals surface area contributed by atoms with Gasteiger partial charge < -0.3 is 9.64 Å². The molecule has 2 heterocycles. The van der Waals surface area contributed by atoms with Crippen molar-refractivity contribution in [2.45, 2.75) is 38.3 Å². The van der Waals surface area contributed by atoms with E-state index in [0.29, 0.717) is 37.0 Å². The van der Waals surface area contributed by atoms with Gasteiger partial charge in [0.2, 0.25) is 11.7 Å². The van der Waals surface area contributed by atoms with Crippen molar-refractivity contribution in [3.63, 3.8) is 0 Å². The van der Waals surface area contributed by atoms with Gasteiger partial charge in [0, 0.05) is 24.1 Å². The van der Waals surface area contributed by atoms with E-state index in [9.17, 15) is 14.4 Å². The van der Waals surface area contributed by atoms with Crippen molar-refractivity contribution in [2.75, 3.05) is 6.54 Å². The molecule has 0 N–H and O–H groups in total. The van der Waals surface area contributed by atoms with Gasteiger partial charge in [-0.2, -0.15) is 0 Å². The van der Waals surface area contributed by atoms with Crippen LogP contribution in [-0.2, 0) is 9.59 Å². The normalized spacial score (nSPS) is 27.9. The molecular formula is C16H17NO4. The summed E-state index contributed by atoms with van der Waals surface area (Å²) in [4.78, 5) is 37.3. The number of likely N-dealkylation sites (tertiary alicyclic amines) is 1. The van der Waals surface area contributed by atoms with Gasteiger partial charge in [0.25, 0.3) is 0 Å². The van der Waals surface area contributed by atoms with Crippen LogP contribution in [-0.4, -0.2) is 35.0 Å². The maximum atomic E-state index is 12.9. The first-order valence-electron chi connectivity index (χ1n) is 7.45. The van der Waals surface area contributed by atoms with Crippen molar-refractivity contribution in [2.24, 2.45) is 0 Å². The van der Waals surface area contributed by atoms with Crippen LogP contribution in [0.25, 0.3) is 0 Å². The molecule has 1 fully saturated rings. The van der Waals surface area contributed by atoms with Crippen LogP contribution >= 0.6 is 0 Å². The number of rotatable bonds is 2. The van der Waals surface area contributed by atoms with E-state index in [1.807, 2.05) is 0 Å². The van der Waals surface area contributed by atoms with Crippen molar-refractivity contribution in [1.29, 1.82) is 0 Å². The lowest BCUT2D eigenvalue weighted by Crippen LogP contribution is -2.50. The Kier molecular flexibility index (Phi) is 2.80. The van der Waals surface area contributed by atoms with Gasteiger partial charge in [0.15, 0.2) is 5.60 Å². The molecule has 1 saturated heterocycles. The van der Waals surface area contributed by atoms with Gasteiger partial charge in [-0.05, 0) is 38.5 Å². The average Bonchev–Trinajstić information content (AvgIpc) is 2.91. The lowest BCUT2D eigenvalue weighted by molar-refractivity contribution is -0.146. The fraction of sp³-hybridized carbons (Fsp3) is 0.438. The van der Waals surface area contributed by atoms with Crippen LogP contribution in [0.4, 0.5) is 0 Å². The SMILES string of the molecule is [2H]C1(N2CCCC2=O)C(=O)C(C)(C)Oc2ccc(C=O)cc21. The number of ketones is 1. The number of hydrogen-bond donors (Lipinski definition) is 0. The second kappa shape index (κ2) is 4.69. The number of carbonyl (C=O) groups is 3. The second-order valence-electron chi connectivity index (χ2n) is 5.81. The van der Waals surface area contributed by atoms with E-state index in [-0.39, 0.29) is 11.5 Å². The van der Waals surface area contributed by atoms with Gasteiger partial charge in [-0.3, -0.25) is 14.4 Å². The monoisotopic (exact) mass is 288 g/mol. The molecule has 3 rings (SSSR count). The van der Waals surface area contributed by atoms with E-state index < -0.39 is 17.4 Å². The number of benzene rings is 1. The molecular weight excluding hydrogens is 270 g/mol. The zero-order valence-electron chi connectivity index (χ0n) is 13.0. The number of ether oxygens (including phenoxy) is 1. The zero-order valence-corrected chi connectivity index (χ0v) is 12.0. The summed E-state index contributed by atoms with van der Waals surface area (Å²) in [7, 11) is 0. The Morgan fingerprint density at radius 1 is 1.43 bits per heavy atom. The van der Waals surface area contributed by atoms with Gasteiger partial charge >= 0.3 is 0 Å². The largest absolute Gasteiger partial charge is 0.480 e. The van der Waals surface area contributed by atoms with Crippen molar-refractivity contribution in [3.8, 4) is 5.75 Å². The highest BCUT2D eigenvalue weighted by atomic mass is 16.5. The quantitative estimate of drug-likeness (QED) is 0.780. The molecule has 5 nitrogen and oxygen atoms in total. The fourth-order valence-electron chi connectivity index (χ4n) is 2.78. The maximum Gasteiger partial charge on any atom is 0.223 e. The molecule has 2 aliphatic rings. The van der Waals surface area contributed by atoms with Crippen molar-refractivity contribution in [1.82, 2.24) is 4.90 Å². The summed E-state index contributed by atoms with van der Waals surface area (Å²) >= 11 is 0. The third-order valence-electron chi connectivity index (χ3n) is 3.87. The summed E-state index contributed by atoms with van der Waals surface area (Å²) < 4.78 is 14.5. The number of Topliss-reactive ketones (excluding diaryl/α,β-unsaturated/α-hetero) is 1. The molecule has 1 unspecified atom stereocenters. The topological polar surface area (TPSA) is 63.7 Å². The fourth-order valence-corrected chi connectivity index (χ4v) is 2.78. The summed E-state index contributed by atoms with van der Waals surface area (Å²) in [6.45, 7) is 3.54. The van der Waals surface area contributed by atoms with Crippen LogP contribution in [0.15, 0.2) is 18.2 Å². The Balaban J connectivity index is 2.24. The molecule has 1 atom stereocenters. The standard InChI is InChI=1S/C16H17NO4/c1-16(2)15(20)14(17-7-3-4-13(17)19)11-8-10(9-18)5-6-12(11)21-16/h5-6,8-9,14H,3-4,7H2,1-2H3/i14D. The third kappa shape index (κ3) is 2.13. The smallest absolute Gasteiger partial charge is 0.223 e. The van der Waals surface area contributed by atoms with E-state index in [2.05, 4.69) is 0 Å². The summed E-state index contributed by atoms with van der Waals surface area (Å²) in [5.41, 5.74) is -0.602. The van der Waals surface area contributed by atoms with Gasteiger partial charge in [-0.1, -0.05) is 0 Å². The van der Waals surface area contributed by atoms with E-state index >= 15 is 0 Å². The predicted octanol–water partition coefficient (Wildman–Crippen LogP) is 1.90. The molecule has 1 amide bonds. The van der Waals surface area contributed by atoms with Gasteiger partial charge in [-0.15, -0.1) is 0 Å². The first kappa shape index (κ1) is 12.6. The Bertz CT molecular complexity index is 685. The zero-order chi connectivity index (χ0) is 16.1. The minimum Gasteiger partial charge on any atom is -0.480 e. The van der Waals surface area contributed by atoms with Crippen LogP contribution in [0.3, 0.4) is 0 Å². The number of nitrogens with zero attached hydrogens (tertiary/aromatic N) is 1. The van der Waals surface area contributed by atoms with Crippen molar-refractivity contribution < 1.29 is 20.5 Å². The van der Waals surface area contributed by atoms with Crippen LogP contribution in [0.2, 0.25) is 0 Å². The highest BCUT2D eigenvalue weighted by Gasteiger charge is 2.47. The lowest BCUT2D eigenvalue weighted by Gasteiger charge is -2.39. The lowest BCUT2D eigenvalue weighted by atomic mass is 9.86. The minimum absolute atomic E-state index is 0.219. The third-order valence-corrected chi connectivity index (χ3v) is 3.87. The number of aldehydes is 1. The molecule has 0 spiro atoms. The van der Waals surface area contributed by atoms with E-state index in [1.54, 1.807) is 26.0 Å². The molecule has 0 aromatic heterocycles. The summed E-state index contributed by atoms with van der Waals surface area (Å²) in [6.07, 6.45) is 1.60. The van der Waals surface area contributed by atoms with Gasteiger partial charge in [0.05, 0.1) is 1.37 Å². The number of hydrogen-bond acceptors (Lipinski definition) is 4. The highest BCUT2D eigenvalue weighted by molar-refractivity contribution is 5.98.